The number of rotatable bonds is 2. The number of nitrogens with zero attached hydrogens (tertiary/aromatic N) is 1. The molecule has 20 heavy (non-hydrogen) atoms. The van der Waals surface area contributed by atoms with Gasteiger partial charge in [-0.3, -0.25) is 0 Å². The van der Waals surface area contributed by atoms with Crippen LogP contribution in [-0.4, -0.2) is 41.3 Å². The van der Waals surface area contributed by atoms with Crippen molar-refractivity contribution in [1.82, 2.24) is 4.57 Å². The molecule has 0 aliphatic rings. The van der Waals surface area contributed by atoms with Crippen molar-refractivity contribution in [2.75, 3.05) is 0 Å². The van der Waals surface area contributed by atoms with E-state index >= 15 is 0 Å². The van der Waals surface area contributed by atoms with E-state index in [-0.39, 0.29) is 0 Å². The summed E-state index contributed by atoms with van der Waals surface area (Å²) in [6, 6.07) is 4.98. The molecule has 1 nitrogen and oxygen atoms in total. The average Bonchev–Trinajstić information content (AvgIpc) is 2.93. The molecule has 0 saturated heterocycles. The fourth-order valence-electron chi connectivity index (χ4n) is 2.46. The van der Waals surface area contributed by atoms with E-state index in [4.69, 9.17) is 0 Å². The molecule has 3 heterocycles. The van der Waals surface area contributed by atoms with Crippen LogP contribution in [0.1, 0.15) is 0 Å². The first-order valence-electron chi connectivity index (χ1n) is 7.12. The van der Waals surface area contributed by atoms with Crippen molar-refractivity contribution >= 4 is 85.6 Å². The maximum atomic E-state index is 2.52. The van der Waals surface area contributed by atoms with E-state index < -0.39 is 36.8 Å². The Morgan fingerprint density at radius 1 is 0.750 bits per heavy atom. The summed E-state index contributed by atoms with van der Waals surface area (Å²) in [5.74, 6) is 0. The summed E-state index contributed by atoms with van der Waals surface area (Å²) in [7, 11) is 2.24. The minimum atomic E-state index is -1.94. The minimum absolute atomic E-state index is 1.47. The van der Waals surface area contributed by atoms with Crippen molar-refractivity contribution < 1.29 is 0 Å². The van der Waals surface area contributed by atoms with Crippen LogP contribution in [0.25, 0.3) is 20.4 Å². The number of hydrogen-bond donors (Lipinski definition) is 0. The van der Waals surface area contributed by atoms with E-state index in [0.717, 1.165) is 0 Å². The molecule has 0 unspecified atom stereocenters. The van der Waals surface area contributed by atoms with E-state index in [1.165, 1.54) is 11.0 Å². The average molecular weight is 519 g/mol. The summed E-state index contributed by atoms with van der Waals surface area (Å²) in [6.45, 7) is 0. The van der Waals surface area contributed by atoms with Gasteiger partial charge in [-0.2, -0.15) is 0 Å². The van der Waals surface area contributed by atoms with E-state index in [1.807, 2.05) is 0 Å². The van der Waals surface area contributed by atoms with Crippen molar-refractivity contribution in [2.24, 2.45) is 7.05 Å². The van der Waals surface area contributed by atoms with Gasteiger partial charge in [-0.1, -0.05) is 0 Å². The summed E-state index contributed by atoms with van der Waals surface area (Å²) < 4.78 is 8.94. The van der Waals surface area contributed by atoms with E-state index in [0.29, 0.717) is 0 Å². The zero-order chi connectivity index (χ0) is 14.9. The van der Waals surface area contributed by atoms with Crippen molar-refractivity contribution in [3.8, 4) is 0 Å². The summed E-state index contributed by atoms with van der Waals surface area (Å²) in [5.41, 5.74) is 2.93. The Bertz CT molecular complexity index is 728. The van der Waals surface area contributed by atoms with Crippen molar-refractivity contribution in [3.63, 3.8) is 0 Å². The molecule has 3 aromatic heterocycles. The van der Waals surface area contributed by atoms with Crippen LogP contribution >= 0.6 is 22.7 Å². The van der Waals surface area contributed by atoms with Crippen molar-refractivity contribution in [1.29, 1.82) is 0 Å². The molecule has 108 valence electrons. The molecular weight excluding hydrogens is 496 g/mol. The van der Waals surface area contributed by atoms with Crippen LogP contribution in [0, 0.1) is 0 Å². The van der Waals surface area contributed by atoms with Crippen LogP contribution in [0.15, 0.2) is 12.1 Å². The third-order valence-corrected chi connectivity index (χ3v) is 25.1. The van der Waals surface area contributed by atoms with Gasteiger partial charge in [0, 0.05) is 0 Å². The Kier molecular flexibility index (Phi) is 3.84. The zero-order valence-electron chi connectivity index (χ0n) is 13.4. The Morgan fingerprint density at radius 3 is 1.40 bits per heavy atom. The molecule has 0 bridgehead atoms. The Balaban J connectivity index is 2.31. The molecule has 0 aliphatic heterocycles. The normalized spacial score (nSPS) is 13.8. The molecule has 0 aromatic carbocycles. The topological polar surface area (TPSA) is 4.93 Å². The number of fused-ring (bicyclic) bond motifs is 3. The third-order valence-electron chi connectivity index (χ3n) is 3.83. The second-order valence-corrected chi connectivity index (χ2v) is 40.6. The fourth-order valence-corrected chi connectivity index (χ4v) is 15.3. The molecule has 0 aliphatic carbocycles. The molecule has 0 radical (unpaired) electrons. The Morgan fingerprint density at radius 2 is 1.10 bits per heavy atom. The molecule has 0 amide bonds. The molecule has 0 atom stereocenters. The summed E-state index contributed by atoms with van der Waals surface area (Å²) >= 11 is 0.293. The van der Waals surface area contributed by atoms with Gasteiger partial charge in [-0.15, -0.1) is 0 Å². The first-order valence-corrected chi connectivity index (χ1v) is 28.7. The first kappa shape index (κ1) is 15.7. The van der Waals surface area contributed by atoms with Gasteiger partial charge in [-0.25, -0.2) is 0 Å². The molecule has 0 spiro atoms. The quantitative estimate of drug-likeness (QED) is 0.439. The molecule has 0 N–H and O–H groups in total. The SMILES string of the molecule is Cn1c2c[c]([Sn]([CH3])([CH3])[CH3])sc2c2s[c]([Sn]([CH3])([CH3])[CH3])cc21. The third kappa shape index (κ3) is 2.50. The molecule has 0 saturated carbocycles. The van der Waals surface area contributed by atoms with Gasteiger partial charge >= 0.3 is 139 Å². The molecule has 5 heteroatoms. The van der Waals surface area contributed by atoms with E-state index in [2.05, 4.69) is 76.1 Å². The van der Waals surface area contributed by atoms with Crippen LogP contribution in [0.3, 0.4) is 0 Å². The van der Waals surface area contributed by atoms with Crippen LogP contribution in [0.2, 0.25) is 29.6 Å². The van der Waals surface area contributed by atoms with Gasteiger partial charge in [0.05, 0.1) is 0 Å². The van der Waals surface area contributed by atoms with Crippen LogP contribution in [-0.2, 0) is 7.05 Å². The molecule has 0 fully saturated rings. The second-order valence-electron chi connectivity index (χ2n) is 7.71. The van der Waals surface area contributed by atoms with Crippen molar-refractivity contribution in [2.45, 2.75) is 29.6 Å². The van der Waals surface area contributed by atoms with Gasteiger partial charge in [0.2, 0.25) is 0 Å². The van der Waals surface area contributed by atoms with Crippen LogP contribution in [0.4, 0.5) is 0 Å². The monoisotopic (exact) mass is 521 g/mol. The number of aryl methyl sites for hydroxylation is 1. The Labute approximate surface area is 137 Å². The summed E-state index contributed by atoms with van der Waals surface area (Å²) in [6.07, 6.45) is 0. The van der Waals surface area contributed by atoms with Crippen LogP contribution < -0.4 is 5.79 Å². The van der Waals surface area contributed by atoms with Gasteiger partial charge in [0.25, 0.3) is 0 Å². The van der Waals surface area contributed by atoms with E-state index in [9.17, 15) is 0 Å². The molecule has 3 aromatic rings. The predicted octanol–water partition coefficient (Wildman–Crippen LogP) is 4.54. The fraction of sp³-hybridized carbons (Fsp3) is 0.467. The predicted molar refractivity (Wildman–Crippen MR) is 102 cm³/mol. The first-order chi connectivity index (χ1) is 9.09. The second kappa shape index (κ2) is 4.90. The van der Waals surface area contributed by atoms with E-state index in [1.54, 1.807) is 15.2 Å². The molecular formula is C15H23NS2Sn2. The standard InChI is InChI=1S/C9H5NS2.6CH3.2Sn/c1-10-6-2-4-11-8(6)9-7(10)3-5-12-9;;;;;;;;/h2-3H,1H3;6*1H3;;. The number of thiophene rings is 2. The van der Waals surface area contributed by atoms with Gasteiger partial charge in [0.1, 0.15) is 0 Å². The maximum absolute atomic E-state index is 2.52. The van der Waals surface area contributed by atoms with Gasteiger partial charge in [-0.05, 0) is 0 Å². The van der Waals surface area contributed by atoms with Gasteiger partial charge < -0.3 is 0 Å². The zero-order valence-corrected chi connectivity index (χ0v) is 20.8. The number of aromatic nitrogens is 1. The number of hydrogen-bond acceptors (Lipinski definition) is 2. The molecule has 3 rings (SSSR count). The van der Waals surface area contributed by atoms with Gasteiger partial charge in [0.15, 0.2) is 0 Å². The Hall–Kier alpha value is 0.797. The van der Waals surface area contributed by atoms with Crippen molar-refractivity contribution in [3.05, 3.63) is 12.1 Å². The summed E-state index contributed by atoms with van der Waals surface area (Å²) in [4.78, 5) is 15.1. The van der Waals surface area contributed by atoms with Crippen LogP contribution in [0.5, 0.6) is 0 Å². The summed E-state index contributed by atoms with van der Waals surface area (Å²) in [5, 5.41) is 0.